The third kappa shape index (κ3) is 4.64. The molecule has 0 spiro atoms. The Morgan fingerprint density at radius 1 is 1.15 bits per heavy atom. The van der Waals surface area contributed by atoms with Crippen molar-refractivity contribution >= 4 is 11.7 Å². The number of ether oxygens (including phenoxy) is 1. The summed E-state index contributed by atoms with van der Waals surface area (Å²) in [5, 5.41) is 10.4. The minimum absolute atomic E-state index is 0.289. The van der Waals surface area contributed by atoms with Crippen molar-refractivity contribution in [2.45, 2.75) is 46.7 Å². The molecule has 0 bridgehead atoms. The number of benzene rings is 1. The maximum Gasteiger partial charge on any atom is 0.338 e. The van der Waals surface area contributed by atoms with Crippen LogP contribution in [-0.4, -0.2) is 29.7 Å². The van der Waals surface area contributed by atoms with Crippen LogP contribution in [-0.2, 0) is 4.74 Å². The topological polar surface area (TPSA) is 54.3 Å². The number of esters is 1. The molecule has 0 saturated heterocycles. The number of hydrogen-bond donors (Lipinski definition) is 0. The third-order valence-electron chi connectivity index (χ3n) is 2.70. The molecular weight excluding hydrogens is 254 g/mol. The van der Waals surface area contributed by atoms with Gasteiger partial charge in [-0.15, -0.1) is 5.11 Å². The molecule has 0 N–H and O–H groups in total. The van der Waals surface area contributed by atoms with Crippen LogP contribution >= 0.6 is 0 Å². The van der Waals surface area contributed by atoms with Crippen molar-refractivity contribution in [3.8, 4) is 0 Å². The van der Waals surface area contributed by atoms with Crippen molar-refractivity contribution in [2.75, 3.05) is 6.61 Å². The molecule has 1 aromatic carbocycles. The first-order chi connectivity index (χ1) is 9.45. The van der Waals surface area contributed by atoms with Crippen LogP contribution in [0.1, 0.15) is 45.0 Å². The van der Waals surface area contributed by atoms with Crippen LogP contribution in [0, 0.1) is 0 Å². The lowest BCUT2D eigenvalue weighted by atomic mass is 10.2. The number of carbonyl (C=O) groups is 1. The van der Waals surface area contributed by atoms with Crippen LogP contribution in [0.3, 0.4) is 0 Å². The van der Waals surface area contributed by atoms with Gasteiger partial charge in [-0.05, 0) is 58.9 Å². The predicted octanol–water partition coefficient (Wildman–Crippen LogP) is 3.98. The number of nitrogens with zero attached hydrogens (tertiary/aromatic N) is 3. The monoisotopic (exact) mass is 277 g/mol. The summed E-state index contributed by atoms with van der Waals surface area (Å²) in [5.41, 5.74) is 1.24. The van der Waals surface area contributed by atoms with Crippen LogP contribution in [0.2, 0.25) is 0 Å². The lowest BCUT2D eigenvalue weighted by Gasteiger charge is -2.25. The molecule has 20 heavy (non-hydrogen) atoms. The number of carbonyl (C=O) groups excluding carboxylic acids is 1. The van der Waals surface area contributed by atoms with E-state index in [-0.39, 0.29) is 18.1 Å². The lowest BCUT2D eigenvalue weighted by Crippen LogP contribution is -2.31. The highest BCUT2D eigenvalue weighted by atomic mass is 16.5. The molecule has 0 radical (unpaired) electrons. The molecule has 0 fully saturated rings. The van der Waals surface area contributed by atoms with E-state index in [2.05, 4.69) is 38.0 Å². The van der Waals surface area contributed by atoms with E-state index >= 15 is 0 Å². The second-order valence-electron chi connectivity index (χ2n) is 5.02. The van der Waals surface area contributed by atoms with E-state index in [1.165, 1.54) is 0 Å². The Morgan fingerprint density at radius 3 is 2.15 bits per heavy atom. The van der Waals surface area contributed by atoms with Gasteiger partial charge in [0.2, 0.25) is 0 Å². The zero-order valence-corrected chi connectivity index (χ0v) is 12.8. The van der Waals surface area contributed by atoms with Crippen molar-refractivity contribution in [2.24, 2.45) is 10.3 Å². The van der Waals surface area contributed by atoms with Gasteiger partial charge in [-0.3, -0.25) is 5.01 Å². The molecule has 0 unspecified atom stereocenters. The quantitative estimate of drug-likeness (QED) is 0.449. The second kappa shape index (κ2) is 7.62. The van der Waals surface area contributed by atoms with Crippen molar-refractivity contribution < 1.29 is 9.53 Å². The Labute approximate surface area is 120 Å². The zero-order chi connectivity index (χ0) is 15.1. The zero-order valence-electron chi connectivity index (χ0n) is 12.8. The molecule has 1 aromatic rings. The number of rotatable bonds is 6. The van der Waals surface area contributed by atoms with Crippen molar-refractivity contribution in [1.82, 2.24) is 5.01 Å². The van der Waals surface area contributed by atoms with Crippen molar-refractivity contribution in [3.63, 3.8) is 0 Å². The summed E-state index contributed by atoms with van der Waals surface area (Å²) in [4.78, 5) is 11.5. The number of hydrogen-bond acceptors (Lipinski definition) is 4. The summed E-state index contributed by atoms with van der Waals surface area (Å²) in [7, 11) is 0. The smallest absolute Gasteiger partial charge is 0.338 e. The van der Waals surface area contributed by atoms with Gasteiger partial charge in [0.1, 0.15) is 0 Å². The Morgan fingerprint density at radius 2 is 1.70 bits per heavy atom. The average Bonchev–Trinajstić information content (AvgIpc) is 2.39. The van der Waals surface area contributed by atoms with Gasteiger partial charge in [-0.25, -0.2) is 4.79 Å². The Balaban J connectivity index is 2.76. The molecule has 0 aliphatic rings. The van der Waals surface area contributed by atoms with Crippen molar-refractivity contribution in [1.29, 1.82) is 0 Å². The van der Waals surface area contributed by atoms with Crippen molar-refractivity contribution in [3.05, 3.63) is 29.8 Å². The molecule has 0 saturated carbocycles. The van der Waals surface area contributed by atoms with E-state index in [4.69, 9.17) is 4.74 Å². The summed E-state index contributed by atoms with van der Waals surface area (Å²) < 4.78 is 4.93. The molecule has 0 heterocycles. The van der Waals surface area contributed by atoms with Gasteiger partial charge >= 0.3 is 5.97 Å². The molecule has 0 atom stereocenters. The van der Waals surface area contributed by atoms with Gasteiger partial charge in [-0.1, -0.05) is 5.22 Å². The third-order valence-corrected chi connectivity index (χ3v) is 2.70. The molecule has 5 heteroatoms. The SMILES string of the molecule is CCOC(=O)c1ccc(N=NN(C(C)C)C(C)C)cc1. The molecular formula is C15H23N3O2. The molecule has 0 amide bonds. The Kier molecular flexibility index (Phi) is 6.15. The van der Waals surface area contributed by atoms with E-state index in [1.807, 2.05) is 5.01 Å². The van der Waals surface area contributed by atoms with Gasteiger partial charge in [-0.2, -0.15) is 0 Å². The van der Waals surface area contributed by atoms with Crippen LogP contribution < -0.4 is 0 Å². The lowest BCUT2D eigenvalue weighted by molar-refractivity contribution is 0.0526. The summed E-state index contributed by atoms with van der Waals surface area (Å²) in [5.74, 6) is -0.318. The maximum atomic E-state index is 11.5. The Hall–Kier alpha value is -1.91. The summed E-state index contributed by atoms with van der Waals surface area (Å²) in [6, 6.07) is 7.49. The fourth-order valence-corrected chi connectivity index (χ4v) is 1.78. The molecule has 0 aromatic heterocycles. The predicted molar refractivity (Wildman–Crippen MR) is 79.0 cm³/mol. The van der Waals surface area contributed by atoms with Crippen LogP contribution in [0.15, 0.2) is 34.6 Å². The summed E-state index contributed by atoms with van der Waals surface area (Å²) in [6.07, 6.45) is 0. The summed E-state index contributed by atoms with van der Waals surface area (Å²) in [6.45, 7) is 10.4. The minimum atomic E-state index is -0.318. The highest BCUT2D eigenvalue weighted by Crippen LogP contribution is 2.16. The van der Waals surface area contributed by atoms with Gasteiger partial charge in [0, 0.05) is 12.1 Å². The van der Waals surface area contributed by atoms with E-state index in [1.54, 1.807) is 31.2 Å². The fourth-order valence-electron chi connectivity index (χ4n) is 1.78. The first-order valence-electron chi connectivity index (χ1n) is 6.92. The van der Waals surface area contributed by atoms with Gasteiger partial charge in [0.15, 0.2) is 0 Å². The van der Waals surface area contributed by atoms with Gasteiger partial charge < -0.3 is 4.74 Å². The standard InChI is InChI=1S/C15H23N3O2/c1-6-20-15(19)13-7-9-14(10-8-13)16-17-18(11(2)3)12(4)5/h7-12H,6H2,1-5H3. The average molecular weight is 277 g/mol. The molecule has 5 nitrogen and oxygen atoms in total. The first kappa shape index (κ1) is 16.1. The second-order valence-corrected chi connectivity index (χ2v) is 5.02. The van der Waals surface area contributed by atoms with Crippen LogP contribution in [0.5, 0.6) is 0 Å². The molecule has 0 aliphatic heterocycles. The molecule has 0 aliphatic carbocycles. The maximum absolute atomic E-state index is 11.5. The van der Waals surface area contributed by atoms with E-state index in [0.29, 0.717) is 17.9 Å². The minimum Gasteiger partial charge on any atom is -0.462 e. The van der Waals surface area contributed by atoms with Gasteiger partial charge in [0.25, 0.3) is 0 Å². The Bertz CT molecular complexity index is 445. The molecule has 110 valence electrons. The van der Waals surface area contributed by atoms with Crippen LogP contribution in [0.4, 0.5) is 5.69 Å². The largest absolute Gasteiger partial charge is 0.462 e. The highest BCUT2D eigenvalue weighted by molar-refractivity contribution is 5.89. The molecule has 1 rings (SSSR count). The van der Waals surface area contributed by atoms with E-state index < -0.39 is 0 Å². The fraction of sp³-hybridized carbons (Fsp3) is 0.533. The van der Waals surface area contributed by atoms with Gasteiger partial charge in [0.05, 0.1) is 17.9 Å². The van der Waals surface area contributed by atoms with Crippen LogP contribution in [0.25, 0.3) is 0 Å². The highest BCUT2D eigenvalue weighted by Gasteiger charge is 2.10. The normalized spacial score (nSPS) is 11.3. The van der Waals surface area contributed by atoms with E-state index in [0.717, 1.165) is 0 Å². The summed E-state index contributed by atoms with van der Waals surface area (Å²) >= 11 is 0. The van der Waals surface area contributed by atoms with E-state index in [9.17, 15) is 4.79 Å². The first-order valence-corrected chi connectivity index (χ1v) is 6.92.